The first-order valence-corrected chi connectivity index (χ1v) is 14.1. The number of aliphatic hydroxyl groups excluding tert-OH is 1. The fourth-order valence-corrected chi connectivity index (χ4v) is 8.36. The molecule has 0 bridgehead atoms. The number of carboxylic acids is 1. The average molecular weight is 563 g/mol. The summed E-state index contributed by atoms with van der Waals surface area (Å²) < 4.78 is 28.6. The molecule has 10 heteroatoms. The normalized spacial score (nSPS) is 39.9. The lowest BCUT2D eigenvalue weighted by atomic mass is 9.44. The minimum Gasteiger partial charge on any atom is -0.481 e. The number of hydrogen-bond acceptors (Lipinski definition) is 8. The van der Waals surface area contributed by atoms with Crippen molar-refractivity contribution in [2.75, 3.05) is 6.61 Å². The first kappa shape index (κ1) is 30.1. The number of esters is 2. The number of alkyl halides is 1. The number of ether oxygens (including phenoxy) is 2. The zero-order valence-electron chi connectivity index (χ0n) is 23.5. The summed E-state index contributed by atoms with van der Waals surface area (Å²) in [6.07, 6.45) is 3.45. The zero-order chi connectivity index (χ0) is 29.7. The molecule has 8 atom stereocenters. The Kier molecular flexibility index (Phi) is 7.90. The Bertz CT molecular complexity index is 1180. The molecule has 1 unspecified atom stereocenters. The van der Waals surface area contributed by atoms with Crippen molar-refractivity contribution >= 4 is 29.5 Å². The summed E-state index contributed by atoms with van der Waals surface area (Å²) in [7, 11) is 0. The summed E-state index contributed by atoms with van der Waals surface area (Å²) in [4.78, 5) is 61.8. The molecule has 4 aliphatic rings. The smallest absolute Gasteiger partial charge is 0.306 e. The fourth-order valence-electron chi connectivity index (χ4n) is 8.36. The number of allylic oxidation sites excluding steroid dienone is 4. The molecule has 4 rings (SSSR count). The molecule has 0 heterocycles. The van der Waals surface area contributed by atoms with Crippen LogP contribution in [0.5, 0.6) is 0 Å². The van der Waals surface area contributed by atoms with Crippen LogP contribution in [0.1, 0.15) is 79.1 Å². The molecule has 3 fully saturated rings. The molecule has 0 amide bonds. The van der Waals surface area contributed by atoms with Gasteiger partial charge in [0.05, 0.1) is 6.10 Å². The molecule has 0 spiro atoms. The van der Waals surface area contributed by atoms with Crippen LogP contribution < -0.4 is 0 Å². The number of Topliss-reactive ketones (excluding diaryl/α,β-unsaturated/α-hetero) is 1. The van der Waals surface area contributed by atoms with E-state index in [1.54, 1.807) is 33.8 Å². The molecule has 0 aromatic rings. The van der Waals surface area contributed by atoms with Gasteiger partial charge in [-0.25, -0.2) is 4.39 Å². The van der Waals surface area contributed by atoms with Crippen LogP contribution in [0.4, 0.5) is 4.39 Å². The summed E-state index contributed by atoms with van der Waals surface area (Å²) in [5.74, 6) is -4.96. The van der Waals surface area contributed by atoms with Crippen molar-refractivity contribution < 1.29 is 48.0 Å². The second-order valence-corrected chi connectivity index (χ2v) is 12.3. The molecular formula is C30H39FO9. The van der Waals surface area contributed by atoms with Crippen LogP contribution in [0.3, 0.4) is 0 Å². The molecule has 2 N–H and O–H groups in total. The van der Waals surface area contributed by atoms with Gasteiger partial charge >= 0.3 is 17.9 Å². The number of aliphatic hydroxyl groups is 1. The van der Waals surface area contributed by atoms with Crippen molar-refractivity contribution in [3.05, 3.63) is 23.8 Å². The van der Waals surface area contributed by atoms with E-state index in [0.717, 1.165) is 0 Å². The molecule has 220 valence electrons. The first-order valence-electron chi connectivity index (χ1n) is 14.1. The minimum absolute atomic E-state index is 0.0123. The number of carboxylic acid groups (broad SMARTS) is 1. The standard InChI is InChI=1S/C30H39FO9/c1-5-25(37)40-30(23(34)16-39-26(38)8-6-7-24(35)36)17(2)13-21-20-10-9-18-14-19(32)11-12-27(18,3)29(20,31)22(33)15-28(21,30)4/h11-12,14,17,20-22,33H,5-10,13,15-16H2,1-4H3,(H,35,36)/t17-,20-,21?,22-,27-,28-,29-,30-/m0/s1. The Morgan fingerprint density at radius 2 is 1.82 bits per heavy atom. The Balaban J connectivity index is 1.69. The van der Waals surface area contributed by atoms with E-state index >= 15 is 4.39 Å². The van der Waals surface area contributed by atoms with Gasteiger partial charge in [-0.1, -0.05) is 32.4 Å². The van der Waals surface area contributed by atoms with E-state index in [-0.39, 0.29) is 37.9 Å². The molecule has 4 aliphatic carbocycles. The molecule has 0 aliphatic heterocycles. The number of rotatable bonds is 9. The molecule has 40 heavy (non-hydrogen) atoms. The highest BCUT2D eigenvalue weighted by molar-refractivity contribution is 6.01. The number of fused-ring (bicyclic) bond motifs is 5. The second-order valence-electron chi connectivity index (χ2n) is 12.3. The molecule has 0 aromatic heterocycles. The maximum Gasteiger partial charge on any atom is 0.306 e. The highest BCUT2D eigenvalue weighted by Gasteiger charge is 2.77. The van der Waals surface area contributed by atoms with Crippen LogP contribution in [0.15, 0.2) is 23.8 Å². The van der Waals surface area contributed by atoms with E-state index in [1.807, 2.05) is 0 Å². The van der Waals surface area contributed by atoms with Crippen LogP contribution >= 0.6 is 0 Å². The number of aliphatic carboxylic acids is 1. The second kappa shape index (κ2) is 10.5. The first-order chi connectivity index (χ1) is 18.7. The number of hydrogen-bond donors (Lipinski definition) is 2. The van der Waals surface area contributed by atoms with Gasteiger partial charge in [-0.3, -0.25) is 24.0 Å². The average Bonchev–Trinajstić information content (AvgIpc) is 3.10. The summed E-state index contributed by atoms with van der Waals surface area (Å²) in [6, 6.07) is 0. The Morgan fingerprint density at radius 3 is 2.48 bits per heavy atom. The van der Waals surface area contributed by atoms with Gasteiger partial charge < -0.3 is 19.7 Å². The quantitative estimate of drug-likeness (QED) is 0.402. The van der Waals surface area contributed by atoms with E-state index in [4.69, 9.17) is 14.6 Å². The Labute approximate surface area is 233 Å². The largest absolute Gasteiger partial charge is 0.481 e. The van der Waals surface area contributed by atoms with Crippen LogP contribution in [0, 0.1) is 28.6 Å². The third kappa shape index (κ3) is 4.33. The predicted octanol–water partition coefficient (Wildman–Crippen LogP) is 3.66. The highest BCUT2D eigenvalue weighted by atomic mass is 19.1. The van der Waals surface area contributed by atoms with Gasteiger partial charge in [-0.2, -0.15) is 0 Å². The van der Waals surface area contributed by atoms with Crippen LogP contribution in [-0.2, 0) is 33.4 Å². The van der Waals surface area contributed by atoms with Gasteiger partial charge in [-0.15, -0.1) is 0 Å². The SMILES string of the molecule is CCC(=O)O[C@]1(C(=O)COC(=O)CCCC(=O)O)[C@@H](C)CC2[C@@H]3CCC4=CC(=O)C=C[C@]4(C)[C@@]3(F)[C@@H](O)C[C@@]21C. The lowest BCUT2D eigenvalue weighted by Gasteiger charge is -2.62. The van der Waals surface area contributed by atoms with E-state index in [0.29, 0.717) is 24.8 Å². The minimum atomic E-state index is -2.11. The number of ketones is 2. The van der Waals surface area contributed by atoms with Crippen molar-refractivity contribution in [1.29, 1.82) is 0 Å². The van der Waals surface area contributed by atoms with Crippen LogP contribution in [0.25, 0.3) is 0 Å². The van der Waals surface area contributed by atoms with Crippen molar-refractivity contribution in [2.45, 2.75) is 96.4 Å². The molecule has 0 radical (unpaired) electrons. The summed E-state index contributed by atoms with van der Waals surface area (Å²) in [5.41, 5.74) is -5.58. The number of carbonyl (C=O) groups excluding carboxylic acids is 4. The summed E-state index contributed by atoms with van der Waals surface area (Å²) in [5, 5.41) is 20.4. The van der Waals surface area contributed by atoms with E-state index in [9.17, 15) is 29.1 Å². The van der Waals surface area contributed by atoms with Gasteiger partial charge in [0.1, 0.15) is 0 Å². The Hall–Kier alpha value is -2.88. The van der Waals surface area contributed by atoms with E-state index in [2.05, 4.69) is 0 Å². The Morgan fingerprint density at radius 1 is 1.12 bits per heavy atom. The van der Waals surface area contributed by atoms with Crippen molar-refractivity contribution in [1.82, 2.24) is 0 Å². The monoisotopic (exact) mass is 562 g/mol. The third-order valence-electron chi connectivity index (χ3n) is 10.3. The molecule has 3 saturated carbocycles. The molecule has 0 saturated heterocycles. The summed E-state index contributed by atoms with van der Waals surface area (Å²) >= 11 is 0. The maximum atomic E-state index is 17.4. The van der Waals surface area contributed by atoms with Crippen molar-refractivity contribution in [3.8, 4) is 0 Å². The van der Waals surface area contributed by atoms with E-state index < -0.39 is 76.3 Å². The highest BCUT2D eigenvalue weighted by Crippen LogP contribution is 2.71. The van der Waals surface area contributed by atoms with Crippen molar-refractivity contribution in [3.63, 3.8) is 0 Å². The van der Waals surface area contributed by atoms with Gasteiger partial charge in [0, 0.05) is 41.9 Å². The third-order valence-corrected chi connectivity index (χ3v) is 10.3. The number of carbonyl (C=O) groups is 5. The van der Waals surface area contributed by atoms with E-state index in [1.165, 1.54) is 12.2 Å². The van der Waals surface area contributed by atoms with Gasteiger partial charge in [0.25, 0.3) is 0 Å². The van der Waals surface area contributed by atoms with Gasteiger partial charge in [0.15, 0.2) is 23.7 Å². The molecular weight excluding hydrogens is 523 g/mol. The van der Waals surface area contributed by atoms with Gasteiger partial charge in [0.2, 0.25) is 5.78 Å². The number of halogens is 1. The van der Waals surface area contributed by atoms with Gasteiger partial charge in [-0.05, 0) is 57.1 Å². The zero-order valence-corrected chi connectivity index (χ0v) is 23.5. The lowest BCUT2D eigenvalue weighted by Crippen LogP contribution is -2.70. The fraction of sp³-hybridized carbons (Fsp3) is 0.700. The maximum absolute atomic E-state index is 17.4. The molecule has 0 aromatic carbocycles. The van der Waals surface area contributed by atoms with Crippen LogP contribution in [0.2, 0.25) is 0 Å². The predicted molar refractivity (Wildman–Crippen MR) is 139 cm³/mol. The van der Waals surface area contributed by atoms with Crippen LogP contribution in [-0.4, -0.2) is 63.7 Å². The lowest BCUT2D eigenvalue weighted by molar-refractivity contribution is -0.228. The summed E-state index contributed by atoms with van der Waals surface area (Å²) in [6.45, 7) is 6.13. The van der Waals surface area contributed by atoms with Crippen molar-refractivity contribution in [2.24, 2.45) is 28.6 Å². The molecule has 9 nitrogen and oxygen atoms in total. The topological polar surface area (TPSA) is 144 Å².